The lowest BCUT2D eigenvalue weighted by atomic mass is 9.80. The third-order valence-electron chi connectivity index (χ3n) is 5.62. The number of nitrogens with two attached hydrogens (primary N) is 1. The van der Waals surface area contributed by atoms with Crippen LogP contribution in [0.3, 0.4) is 0 Å². The number of hydrogen-bond donors (Lipinski definition) is 2. The molecule has 0 atom stereocenters. The molecule has 0 bridgehead atoms. The molecule has 2 aliphatic rings. The van der Waals surface area contributed by atoms with E-state index < -0.39 is 0 Å². The lowest BCUT2D eigenvalue weighted by Gasteiger charge is -2.38. The van der Waals surface area contributed by atoms with Crippen LogP contribution < -0.4 is 5.73 Å². The Kier molecular flexibility index (Phi) is 5.54. The average Bonchev–Trinajstić information content (AvgIpc) is 2.94. The summed E-state index contributed by atoms with van der Waals surface area (Å²) in [6.45, 7) is 6.33. The first-order chi connectivity index (χ1) is 11.6. The minimum absolute atomic E-state index is 0.0480. The van der Waals surface area contributed by atoms with Crippen molar-refractivity contribution in [3.63, 3.8) is 0 Å². The number of ether oxygens (including phenoxy) is 1. The van der Waals surface area contributed by atoms with Crippen molar-refractivity contribution in [2.75, 3.05) is 33.4 Å². The van der Waals surface area contributed by atoms with Gasteiger partial charge < -0.3 is 20.1 Å². The maximum absolute atomic E-state index is 9.87. The molecule has 1 aliphatic carbocycles. The van der Waals surface area contributed by atoms with Crippen LogP contribution in [0.15, 0.2) is 0 Å². The summed E-state index contributed by atoms with van der Waals surface area (Å²) in [5, 5.41) is 18.8. The van der Waals surface area contributed by atoms with Gasteiger partial charge in [-0.05, 0) is 39.7 Å². The zero-order valence-electron chi connectivity index (χ0n) is 14.9. The monoisotopic (exact) mass is 337 g/mol. The van der Waals surface area contributed by atoms with E-state index in [0.29, 0.717) is 12.0 Å². The minimum atomic E-state index is -0.0480. The Balaban J connectivity index is 1.64. The van der Waals surface area contributed by atoms with E-state index in [4.69, 9.17) is 10.5 Å². The summed E-state index contributed by atoms with van der Waals surface area (Å²) in [4.78, 5) is 2.26. The molecule has 1 aromatic rings. The molecule has 0 radical (unpaired) electrons. The van der Waals surface area contributed by atoms with Crippen molar-refractivity contribution in [3.05, 3.63) is 11.6 Å². The summed E-state index contributed by atoms with van der Waals surface area (Å²) < 4.78 is 7.69. The smallest absolute Gasteiger partial charge is 0.147 e. The Hall–Kier alpha value is -1.02. The van der Waals surface area contributed by atoms with Crippen LogP contribution in [0.5, 0.6) is 0 Å². The van der Waals surface area contributed by atoms with Crippen LogP contribution in [0, 0.1) is 5.41 Å². The van der Waals surface area contributed by atoms with Gasteiger partial charge in [0.15, 0.2) is 0 Å². The third kappa shape index (κ3) is 3.64. The van der Waals surface area contributed by atoms with Gasteiger partial charge >= 0.3 is 0 Å². The first-order valence-electron chi connectivity index (χ1n) is 9.11. The van der Waals surface area contributed by atoms with E-state index >= 15 is 0 Å². The number of hydrogen-bond acceptors (Lipinski definition) is 6. The van der Waals surface area contributed by atoms with Crippen LogP contribution in [0.1, 0.15) is 50.2 Å². The molecule has 0 unspecified atom stereocenters. The first kappa shape index (κ1) is 17.8. The fourth-order valence-electron chi connectivity index (χ4n) is 4.03. The number of rotatable bonds is 7. The van der Waals surface area contributed by atoms with E-state index in [1.165, 1.54) is 0 Å². The molecule has 1 saturated heterocycles. The summed E-state index contributed by atoms with van der Waals surface area (Å²) in [5.41, 5.74) is 5.87. The van der Waals surface area contributed by atoms with E-state index in [0.717, 1.165) is 70.2 Å². The Labute approximate surface area is 144 Å². The van der Waals surface area contributed by atoms with Gasteiger partial charge in [0.2, 0.25) is 0 Å². The van der Waals surface area contributed by atoms with Crippen molar-refractivity contribution in [2.45, 2.75) is 57.7 Å². The fourth-order valence-corrected chi connectivity index (χ4v) is 4.03. The number of aliphatic hydroxyl groups is 1. The second-order valence-corrected chi connectivity index (χ2v) is 7.59. The summed E-state index contributed by atoms with van der Waals surface area (Å²) in [7, 11) is 2.10. The average molecular weight is 337 g/mol. The van der Waals surface area contributed by atoms with Gasteiger partial charge in [0.25, 0.3) is 0 Å². The van der Waals surface area contributed by atoms with Crippen LogP contribution in [0.25, 0.3) is 0 Å². The fraction of sp³-hybridized carbons (Fsp3) is 0.882. The maximum Gasteiger partial charge on any atom is 0.147 e. The van der Waals surface area contributed by atoms with Gasteiger partial charge in [0.05, 0.1) is 13.2 Å². The van der Waals surface area contributed by atoms with Crippen LogP contribution in [0.4, 0.5) is 0 Å². The third-order valence-corrected chi connectivity index (χ3v) is 5.62. The van der Waals surface area contributed by atoms with E-state index in [9.17, 15) is 5.11 Å². The zero-order chi connectivity index (χ0) is 17.2. The molecular weight excluding hydrogens is 306 g/mol. The SMILES string of the molecule is CCn1c(CN(C)CC2(CO)CCOCC2)nnc1C1CC(N)C1. The number of nitrogens with zero attached hydrogens (tertiary/aromatic N) is 4. The van der Waals surface area contributed by atoms with Gasteiger partial charge in [0.1, 0.15) is 11.6 Å². The summed E-state index contributed by atoms with van der Waals surface area (Å²) in [6.07, 6.45) is 3.86. The molecule has 7 heteroatoms. The highest BCUT2D eigenvalue weighted by Gasteiger charge is 2.34. The Bertz CT molecular complexity index is 535. The molecule has 3 rings (SSSR count). The van der Waals surface area contributed by atoms with Gasteiger partial charge in [-0.2, -0.15) is 0 Å². The van der Waals surface area contributed by atoms with E-state index in [-0.39, 0.29) is 12.0 Å². The molecule has 2 fully saturated rings. The van der Waals surface area contributed by atoms with Crippen LogP contribution >= 0.6 is 0 Å². The standard InChI is InChI=1S/C17H31N5O2/c1-3-22-15(19-20-16(22)13-8-14(18)9-13)10-21(2)11-17(12-23)4-6-24-7-5-17/h13-14,23H,3-12,18H2,1-2H3. The lowest BCUT2D eigenvalue weighted by molar-refractivity contribution is -0.0322. The van der Waals surface area contributed by atoms with Crippen molar-refractivity contribution in [1.29, 1.82) is 0 Å². The van der Waals surface area contributed by atoms with Crippen LogP contribution in [0.2, 0.25) is 0 Å². The predicted octanol–water partition coefficient (Wildman–Crippen LogP) is 0.724. The number of aliphatic hydroxyl groups excluding tert-OH is 1. The molecule has 0 spiro atoms. The summed E-state index contributed by atoms with van der Waals surface area (Å²) in [5.74, 6) is 2.56. The summed E-state index contributed by atoms with van der Waals surface area (Å²) in [6, 6.07) is 0.320. The highest BCUT2D eigenvalue weighted by atomic mass is 16.5. The van der Waals surface area contributed by atoms with Gasteiger partial charge in [-0.25, -0.2) is 0 Å². The molecule has 3 N–H and O–H groups in total. The summed E-state index contributed by atoms with van der Waals surface area (Å²) >= 11 is 0. The normalized spacial score (nSPS) is 26.5. The highest BCUT2D eigenvalue weighted by Crippen LogP contribution is 2.35. The van der Waals surface area contributed by atoms with E-state index in [1.54, 1.807) is 0 Å². The predicted molar refractivity (Wildman–Crippen MR) is 91.6 cm³/mol. The lowest BCUT2D eigenvalue weighted by Crippen LogP contribution is -2.42. The van der Waals surface area contributed by atoms with E-state index in [1.807, 2.05) is 0 Å². The first-order valence-corrected chi connectivity index (χ1v) is 9.11. The van der Waals surface area contributed by atoms with Gasteiger partial charge in [-0.1, -0.05) is 0 Å². The molecular formula is C17H31N5O2. The molecule has 0 aromatic carbocycles. The molecule has 7 nitrogen and oxygen atoms in total. The molecule has 2 heterocycles. The Morgan fingerprint density at radius 2 is 2.04 bits per heavy atom. The number of aromatic nitrogens is 3. The van der Waals surface area contributed by atoms with Gasteiger partial charge in [-0.15, -0.1) is 10.2 Å². The minimum Gasteiger partial charge on any atom is -0.396 e. The Morgan fingerprint density at radius 1 is 1.33 bits per heavy atom. The van der Waals surface area contributed by atoms with Crippen molar-refractivity contribution < 1.29 is 9.84 Å². The second kappa shape index (κ2) is 7.47. The molecule has 1 aromatic heterocycles. The van der Waals surface area contributed by atoms with Crippen molar-refractivity contribution in [1.82, 2.24) is 19.7 Å². The largest absolute Gasteiger partial charge is 0.396 e. The van der Waals surface area contributed by atoms with Gasteiger partial charge in [-0.3, -0.25) is 4.90 Å². The molecule has 1 saturated carbocycles. The van der Waals surface area contributed by atoms with Crippen molar-refractivity contribution >= 4 is 0 Å². The molecule has 136 valence electrons. The van der Waals surface area contributed by atoms with Crippen LogP contribution in [-0.2, 0) is 17.8 Å². The van der Waals surface area contributed by atoms with Crippen molar-refractivity contribution in [2.24, 2.45) is 11.1 Å². The molecule has 24 heavy (non-hydrogen) atoms. The Morgan fingerprint density at radius 3 is 2.62 bits per heavy atom. The van der Waals surface area contributed by atoms with Crippen molar-refractivity contribution in [3.8, 4) is 0 Å². The molecule has 1 aliphatic heterocycles. The highest BCUT2D eigenvalue weighted by molar-refractivity contribution is 5.08. The van der Waals surface area contributed by atoms with Crippen LogP contribution in [-0.4, -0.2) is 64.2 Å². The molecule has 0 amide bonds. The van der Waals surface area contributed by atoms with Gasteiger partial charge in [0, 0.05) is 43.7 Å². The zero-order valence-corrected chi connectivity index (χ0v) is 14.9. The topological polar surface area (TPSA) is 89.4 Å². The quantitative estimate of drug-likeness (QED) is 0.762. The van der Waals surface area contributed by atoms with E-state index in [2.05, 4.69) is 33.6 Å². The second-order valence-electron chi connectivity index (χ2n) is 7.59. The maximum atomic E-state index is 9.87.